The van der Waals surface area contributed by atoms with Crippen LogP contribution in [0, 0.1) is 19.7 Å². The fraction of sp³-hybridized carbons (Fsp3) is 0.367. The van der Waals surface area contributed by atoms with E-state index >= 15 is 0 Å². The van der Waals surface area contributed by atoms with E-state index in [1.807, 2.05) is 6.92 Å². The first-order valence-electron chi connectivity index (χ1n) is 13.3. The summed E-state index contributed by atoms with van der Waals surface area (Å²) in [6.07, 6.45) is 1.64. The summed E-state index contributed by atoms with van der Waals surface area (Å²) in [5.41, 5.74) is 3.83. The Kier molecular flexibility index (Phi) is 8.77. The van der Waals surface area contributed by atoms with Crippen molar-refractivity contribution in [3.8, 4) is 0 Å². The number of nitrogens with one attached hydrogen (secondary N) is 3. The smallest absolute Gasteiger partial charge is 0.267 e. The lowest BCUT2D eigenvalue weighted by Crippen LogP contribution is -2.51. The normalized spacial score (nSPS) is 17.4. The van der Waals surface area contributed by atoms with E-state index in [9.17, 15) is 23.6 Å². The number of carbonyl (C=O) groups is 3. The van der Waals surface area contributed by atoms with E-state index in [-0.39, 0.29) is 41.8 Å². The SMILES string of the molecule is CC(=O)NC[C@H]1CC[C@@H](c2cccc(F)c2)N1C(=O)[C@@H](C)NC(=O)c1ccc(Cc2cc(C)n[nH]c2=O)c(C)c1. The number of amides is 3. The lowest BCUT2D eigenvalue weighted by atomic mass is 9.98. The minimum Gasteiger partial charge on any atom is -0.354 e. The highest BCUT2D eigenvalue weighted by molar-refractivity contribution is 5.97. The van der Waals surface area contributed by atoms with Crippen molar-refractivity contribution in [2.75, 3.05) is 6.54 Å². The predicted molar refractivity (Wildman–Crippen MR) is 148 cm³/mol. The van der Waals surface area contributed by atoms with Crippen molar-refractivity contribution in [1.82, 2.24) is 25.7 Å². The van der Waals surface area contributed by atoms with Crippen LogP contribution in [-0.4, -0.2) is 51.4 Å². The number of aromatic amines is 1. The number of aryl methyl sites for hydroxylation is 2. The van der Waals surface area contributed by atoms with Gasteiger partial charge in [0.1, 0.15) is 11.9 Å². The van der Waals surface area contributed by atoms with E-state index in [1.54, 1.807) is 55.1 Å². The van der Waals surface area contributed by atoms with Gasteiger partial charge < -0.3 is 15.5 Å². The molecule has 1 saturated heterocycles. The predicted octanol–water partition coefficient (Wildman–Crippen LogP) is 3.10. The topological polar surface area (TPSA) is 124 Å². The van der Waals surface area contributed by atoms with Crippen LogP contribution in [-0.2, 0) is 16.0 Å². The number of hydrogen-bond donors (Lipinski definition) is 3. The van der Waals surface area contributed by atoms with Gasteiger partial charge in [0.05, 0.1) is 11.7 Å². The molecule has 10 heteroatoms. The molecule has 2 aromatic carbocycles. The lowest BCUT2D eigenvalue weighted by molar-refractivity contribution is -0.136. The number of nitrogens with zero attached hydrogens (tertiary/aromatic N) is 2. The second-order valence-corrected chi connectivity index (χ2v) is 10.4. The zero-order valence-corrected chi connectivity index (χ0v) is 23.1. The summed E-state index contributed by atoms with van der Waals surface area (Å²) >= 11 is 0. The molecule has 0 bridgehead atoms. The molecule has 1 fully saturated rings. The average molecular weight is 548 g/mol. The number of halogens is 1. The first kappa shape index (κ1) is 28.7. The van der Waals surface area contributed by atoms with Crippen molar-refractivity contribution < 1.29 is 18.8 Å². The molecule has 2 heterocycles. The molecule has 40 heavy (non-hydrogen) atoms. The zero-order chi connectivity index (χ0) is 29.0. The van der Waals surface area contributed by atoms with Crippen molar-refractivity contribution in [1.29, 1.82) is 0 Å². The first-order valence-corrected chi connectivity index (χ1v) is 13.3. The summed E-state index contributed by atoms with van der Waals surface area (Å²) in [4.78, 5) is 52.2. The van der Waals surface area contributed by atoms with E-state index < -0.39 is 11.9 Å². The van der Waals surface area contributed by atoms with Crippen LogP contribution in [0.3, 0.4) is 0 Å². The summed E-state index contributed by atoms with van der Waals surface area (Å²) < 4.78 is 14.0. The van der Waals surface area contributed by atoms with Crippen molar-refractivity contribution in [2.45, 2.75) is 65.1 Å². The summed E-state index contributed by atoms with van der Waals surface area (Å²) in [6.45, 7) is 6.97. The second kappa shape index (κ2) is 12.2. The third-order valence-corrected chi connectivity index (χ3v) is 7.29. The second-order valence-electron chi connectivity index (χ2n) is 10.4. The largest absolute Gasteiger partial charge is 0.354 e. The summed E-state index contributed by atoms with van der Waals surface area (Å²) in [5.74, 6) is -1.31. The number of benzene rings is 2. The van der Waals surface area contributed by atoms with Gasteiger partial charge in [-0.1, -0.05) is 18.2 Å². The fourth-order valence-electron chi connectivity index (χ4n) is 5.22. The van der Waals surface area contributed by atoms with Gasteiger partial charge in [0.15, 0.2) is 0 Å². The maximum atomic E-state index is 14.0. The molecule has 1 aliphatic heterocycles. The Morgan fingerprint density at radius 3 is 2.58 bits per heavy atom. The van der Waals surface area contributed by atoms with Crippen LogP contribution < -0.4 is 16.2 Å². The number of likely N-dealkylation sites (tertiary alicyclic amines) is 1. The van der Waals surface area contributed by atoms with Crippen LogP contribution in [0.4, 0.5) is 4.39 Å². The molecule has 0 unspecified atom stereocenters. The Hall–Kier alpha value is -4.34. The monoisotopic (exact) mass is 547 g/mol. The van der Waals surface area contributed by atoms with Crippen LogP contribution in [0.5, 0.6) is 0 Å². The van der Waals surface area contributed by atoms with Crippen molar-refractivity contribution in [3.05, 3.63) is 98.2 Å². The van der Waals surface area contributed by atoms with Gasteiger partial charge in [0, 0.05) is 37.1 Å². The molecule has 1 aromatic heterocycles. The van der Waals surface area contributed by atoms with Gasteiger partial charge in [-0.25, -0.2) is 9.49 Å². The van der Waals surface area contributed by atoms with E-state index in [1.165, 1.54) is 19.1 Å². The van der Waals surface area contributed by atoms with E-state index in [4.69, 9.17) is 0 Å². The number of rotatable bonds is 8. The first-order chi connectivity index (χ1) is 19.0. The van der Waals surface area contributed by atoms with Gasteiger partial charge in [-0.2, -0.15) is 5.10 Å². The minimum atomic E-state index is -0.861. The Labute approximate surface area is 232 Å². The van der Waals surface area contributed by atoms with Crippen LogP contribution in [0.15, 0.2) is 53.3 Å². The van der Waals surface area contributed by atoms with Gasteiger partial charge in [0.2, 0.25) is 11.8 Å². The average Bonchev–Trinajstić information content (AvgIpc) is 3.34. The zero-order valence-electron chi connectivity index (χ0n) is 23.1. The number of H-pyrrole nitrogens is 1. The highest BCUT2D eigenvalue weighted by Crippen LogP contribution is 2.36. The van der Waals surface area contributed by atoms with Crippen molar-refractivity contribution >= 4 is 17.7 Å². The third kappa shape index (κ3) is 6.62. The van der Waals surface area contributed by atoms with Gasteiger partial charge >= 0.3 is 0 Å². The van der Waals surface area contributed by atoms with Gasteiger partial charge in [-0.15, -0.1) is 0 Å². The number of hydrogen-bond acceptors (Lipinski definition) is 5. The maximum absolute atomic E-state index is 14.0. The van der Waals surface area contributed by atoms with Crippen LogP contribution in [0.2, 0.25) is 0 Å². The molecule has 3 N–H and O–H groups in total. The maximum Gasteiger partial charge on any atom is 0.267 e. The molecular formula is C30H34FN5O4. The molecule has 210 valence electrons. The Bertz CT molecular complexity index is 1490. The molecule has 0 aliphatic carbocycles. The summed E-state index contributed by atoms with van der Waals surface area (Å²) in [6, 6.07) is 11.6. The molecule has 0 spiro atoms. The number of aromatic nitrogens is 2. The van der Waals surface area contributed by atoms with E-state index in [2.05, 4.69) is 20.8 Å². The molecule has 3 amide bonds. The third-order valence-electron chi connectivity index (χ3n) is 7.29. The standard InChI is InChI=1S/C30H34FN5O4/c1-17-12-23(9-8-21(17)14-24-13-18(2)34-35-29(24)39)28(38)33-19(3)30(40)36-26(16-32-20(4)37)10-11-27(36)22-6-5-7-25(31)15-22/h5-9,12-13,15,19,26-27H,10-11,14,16H2,1-4H3,(H,32,37)(H,33,38)(H,35,39)/t19-,26-,27+/m1/s1. The molecule has 0 radical (unpaired) electrons. The van der Waals surface area contributed by atoms with E-state index in [0.29, 0.717) is 41.6 Å². The Morgan fingerprint density at radius 2 is 1.88 bits per heavy atom. The molecule has 4 rings (SSSR count). The fourth-order valence-corrected chi connectivity index (χ4v) is 5.22. The summed E-state index contributed by atoms with van der Waals surface area (Å²) in [5, 5.41) is 12.0. The minimum absolute atomic E-state index is 0.203. The molecule has 9 nitrogen and oxygen atoms in total. The van der Waals surface area contributed by atoms with Crippen LogP contribution in [0.25, 0.3) is 0 Å². The quantitative estimate of drug-likeness (QED) is 0.400. The molecular weight excluding hydrogens is 513 g/mol. The highest BCUT2D eigenvalue weighted by atomic mass is 19.1. The van der Waals surface area contributed by atoms with Crippen LogP contribution in [0.1, 0.15) is 71.0 Å². The Balaban J connectivity index is 1.49. The molecule has 3 atom stereocenters. The van der Waals surface area contributed by atoms with Gasteiger partial charge in [-0.05, 0) is 80.6 Å². The van der Waals surface area contributed by atoms with Crippen molar-refractivity contribution in [3.63, 3.8) is 0 Å². The molecule has 3 aromatic rings. The summed E-state index contributed by atoms with van der Waals surface area (Å²) in [7, 11) is 0. The van der Waals surface area contributed by atoms with Crippen molar-refractivity contribution in [2.24, 2.45) is 0 Å². The number of carbonyl (C=O) groups excluding carboxylic acids is 3. The van der Waals surface area contributed by atoms with Gasteiger partial charge in [0.25, 0.3) is 11.5 Å². The van der Waals surface area contributed by atoms with Gasteiger partial charge in [-0.3, -0.25) is 19.2 Å². The highest BCUT2D eigenvalue weighted by Gasteiger charge is 2.39. The molecule has 0 saturated carbocycles. The van der Waals surface area contributed by atoms with E-state index in [0.717, 1.165) is 11.1 Å². The Morgan fingerprint density at radius 1 is 1.10 bits per heavy atom. The lowest BCUT2D eigenvalue weighted by Gasteiger charge is -2.33. The van der Waals surface area contributed by atoms with Crippen LogP contribution >= 0.6 is 0 Å². The molecule has 1 aliphatic rings.